The normalized spacial score (nSPS) is 6.27. The van der Waals surface area contributed by atoms with E-state index in [9.17, 15) is 4.79 Å². The van der Waals surface area contributed by atoms with Crippen LogP contribution in [0.25, 0.3) is 0 Å². The van der Waals surface area contributed by atoms with Gasteiger partial charge in [-0.25, -0.2) is 4.79 Å². The van der Waals surface area contributed by atoms with Crippen molar-refractivity contribution in [3.8, 4) is 0 Å². The molecule has 0 aromatic heterocycles. The molecule has 0 spiro atoms. The first-order valence-corrected chi connectivity index (χ1v) is 3.46. The van der Waals surface area contributed by atoms with Crippen molar-refractivity contribution in [3.63, 3.8) is 0 Å². The number of nitrogens with zero attached hydrogens (tertiary/aromatic N) is 1. The summed E-state index contributed by atoms with van der Waals surface area (Å²) in [5, 5.41) is 7.92. The van der Waals surface area contributed by atoms with Crippen LogP contribution >= 0.6 is 19.8 Å². The van der Waals surface area contributed by atoms with Crippen molar-refractivity contribution in [1.29, 1.82) is 0 Å². The third-order valence-electron chi connectivity index (χ3n) is 0.990. The van der Waals surface area contributed by atoms with Crippen molar-refractivity contribution < 1.29 is 26.4 Å². The Kier molecular flexibility index (Phi) is 26.3. The molecule has 2 unspecified atom stereocenters. The number of carbonyl (C=O) groups is 1. The number of amides is 1. The van der Waals surface area contributed by atoms with Crippen LogP contribution in [0.5, 0.6) is 0 Å². The fourth-order valence-corrected chi connectivity index (χ4v) is 0.342. The minimum absolute atomic E-state index is 0. The van der Waals surface area contributed by atoms with E-state index in [4.69, 9.17) is 5.11 Å². The van der Waals surface area contributed by atoms with Crippen LogP contribution in [0.15, 0.2) is 30.3 Å². The van der Waals surface area contributed by atoms with Crippen LogP contribution in [0, 0.1) is 6.07 Å². The summed E-state index contributed by atoms with van der Waals surface area (Å²) in [6.45, 7) is 0. The first kappa shape index (κ1) is 24.2. The Morgan fingerprint density at radius 2 is 1.47 bits per heavy atom. The van der Waals surface area contributed by atoms with Crippen molar-refractivity contribution in [1.82, 2.24) is 4.90 Å². The molecule has 6 heteroatoms. The topological polar surface area (TPSA) is 40.5 Å². The fraction of sp³-hybridized carbons (Fsp3) is 0.222. The molecule has 3 nitrogen and oxygen atoms in total. The average Bonchev–Trinajstić information content (AvgIpc) is 2.08. The number of hydrogen-bond donors (Lipinski definition) is 1. The van der Waals surface area contributed by atoms with Gasteiger partial charge in [-0.15, -0.1) is 0 Å². The molecule has 0 bridgehead atoms. The zero-order chi connectivity index (χ0) is 9.40. The summed E-state index contributed by atoms with van der Waals surface area (Å²) in [5.74, 6) is 0. The van der Waals surface area contributed by atoms with Gasteiger partial charge in [0.1, 0.15) is 0 Å². The van der Waals surface area contributed by atoms with Crippen molar-refractivity contribution in [3.05, 3.63) is 36.4 Å². The molecule has 0 radical (unpaired) electrons. The molecule has 2 atom stereocenters. The van der Waals surface area contributed by atoms with Crippen molar-refractivity contribution >= 4 is 25.9 Å². The van der Waals surface area contributed by atoms with Crippen LogP contribution in [0.4, 0.5) is 4.79 Å². The van der Waals surface area contributed by atoms with E-state index in [1.807, 2.05) is 30.3 Å². The second kappa shape index (κ2) is 16.3. The molecule has 0 aliphatic carbocycles. The molecule has 0 saturated carbocycles. The van der Waals surface area contributed by atoms with Crippen LogP contribution in [0.1, 0.15) is 0 Å². The standard InChI is InChI=1S/C6H5.C3H7NO2.Ni.2H3P/c1-2-4-6-5-3-1;1-4(2)3(5)6;;;/h1-5H;1-2H3,(H,5,6);;2*1H3/q-1;;;;. The number of rotatable bonds is 0. The van der Waals surface area contributed by atoms with Crippen LogP contribution in [0.3, 0.4) is 0 Å². The molecule has 92 valence electrons. The third kappa shape index (κ3) is 20.0. The van der Waals surface area contributed by atoms with Crippen LogP contribution in [0.2, 0.25) is 0 Å². The first-order valence-electron chi connectivity index (χ1n) is 3.46. The van der Waals surface area contributed by atoms with Gasteiger partial charge in [0, 0.05) is 30.6 Å². The maximum atomic E-state index is 9.62. The van der Waals surface area contributed by atoms with Crippen molar-refractivity contribution in [2.45, 2.75) is 0 Å². The van der Waals surface area contributed by atoms with Gasteiger partial charge in [-0.3, -0.25) is 0 Å². The van der Waals surface area contributed by atoms with Gasteiger partial charge in [-0.2, -0.15) is 56.2 Å². The Balaban J connectivity index is -0.0000000672. The Bertz CT molecular complexity index is 196. The molecule has 0 heterocycles. The fourth-order valence-electron chi connectivity index (χ4n) is 0.342. The van der Waals surface area contributed by atoms with Gasteiger partial charge >= 0.3 is 6.09 Å². The maximum absolute atomic E-state index is 9.62. The maximum Gasteiger partial charge on any atom is 0.406 e. The summed E-state index contributed by atoms with van der Waals surface area (Å²) >= 11 is 0. The minimum atomic E-state index is -0.907. The second-order valence-electron chi connectivity index (χ2n) is 2.25. The summed E-state index contributed by atoms with van der Waals surface area (Å²) in [6, 6.07) is 12.5. The molecule has 0 fully saturated rings. The Morgan fingerprint density at radius 1 is 1.13 bits per heavy atom. The summed E-state index contributed by atoms with van der Waals surface area (Å²) in [7, 11) is 2.95. The molecule has 15 heavy (non-hydrogen) atoms. The van der Waals surface area contributed by atoms with Gasteiger partial charge in [0.25, 0.3) is 0 Å². The van der Waals surface area contributed by atoms with Crippen molar-refractivity contribution in [2.24, 2.45) is 0 Å². The smallest absolute Gasteiger partial charge is 0.406 e. The Hall–Kier alpha value is -0.156. The monoisotopic (exact) mass is 292 g/mol. The van der Waals surface area contributed by atoms with E-state index < -0.39 is 6.09 Å². The largest absolute Gasteiger partial charge is 0.465 e. The zero-order valence-corrected chi connectivity index (χ0v) is 12.7. The van der Waals surface area contributed by atoms with E-state index in [0.717, 1.165) is 4.90 Å². The van der Waals surface area contributed by atoms with Crippen LogP contribution in [-0.4, -0.2) is 30.2 Å². The molecular weight excluding hydrogens is 275 g/mol. The summed E-state index contributed by atoms with van der Waals surface area (Å²) in [6.07, 6.45) is -0.907. The van der Waals surface area contributed by atoms with Crippen LogP contribution in [-0.2, 0) is 16.5 Å². The molecule has 1 aromatic rings. The summed E-state index contributed by atoms with van der Waals surface area (Å²) in [5.41, 5.74) is 0. The third-order valence-corrected chi connectivity index (χ3v) is 0.990. The van der Waals surface area contributed by atoms with E-state index in [0.29, 0.717) is 0 Å². The summed E-state index contributed by atoms with van der Waals surface area (Å²) in [4.78, 5) is 10.7. The molecule has 1 aromatic carbocycles. The molecule has 1 amide bonds. The summed E-state index contributed by atoms with van der Waals surface area (Å²) < 4.78 is 0. The van der Waals surface area contributed by atoms with Gasteiger partial charge in [-0.05, 0) is 0 Å². The SMILES string of the molecule is CN(C)C(=O)O.P.P.[Ni].[c-]1ccccc1. The van der Waals surface area contributed by atoms with Gasteiger partial charge in [-0.1, -0.05) is 0 Å². The molecule has 1 N–H and O–H groups in total. The zero-order valence-electron chi connectivity index (χ0n) is 8.92. The van der Waals surface area contributed by atoms with Gasteiger partial charge in [0.05, 0.1) is 0 Å². The van der Waals surface area contributed by atoms with E-state index in [1.54, 1.807) is 0 Å². The average molecular weight is 293 g/mol. The quantitative estimate of drug-likeness (QED) is 0.450. The van der Waals surface area contributed by atoms with E-state index in [1.165, 1.54) is 14.1 Å². The number of hydrogen-bond acceptors (Lipinski definition) is 1. The molecule has 0 aliphatic heterocycles. The van der Waals surface area contributed by atoms with E-state index >= 15 is 0 Å². The van der Waals surface area contributed by atoms with Gasteiger partial charge in [0.15, 0.2) is 0 Å². The Morgan fingerprint density at radius 3 is 1.53 bits per heavy atom. The predicted octanol–water partition coefficient (Wildman–Crippen LogP) is 1.83. The minimum Gasteiger partial charge on any atom is -0.465 e. The van der Waals surface area contributed by atoms with Gasteiger partial charge in [0.2, 0.25) is 0 Å². The molecular formula is C9H18NNiO2P2-. The number of benzene rings is 1. The van der Waals surface area contributed by atoms with Crippen molar-refractivity contribution in [2.75, 3.05) is 14.1 Å². The first-order chi connectivity index (χ1) is 5.64. The van der Waals surface area contributed by atoms with E-state index in [2.05, 4.69) is 6.07 Å². The Labute approximate surface area is 108 Å². The van der Waals surface area contributed by atoms with Crippen LogP contribution < -0.4 is 0 Å². The van der Waals surface area contributed by atoms with Gasteiger partial charge < -0.3 is 10.0 Å². The van der Waals surface area contributed by atoms with E-state index in [-0.39, 0.29) is 36.3 Å². The second-order valence-corrected chi connectivity index (χ2v) is 2.25. The number of carboxylic acid groups (broad SMARTS) is 1. The molecule has 0 aliphatic rings. The molecule has 1 rings (SSSR count). The predicted molar refractivity (Wildman–Crippen MR) is 69.2 cm³/mol. The molecule has 0 saturated heterocycles.